The fourth-order valence-corrected chi connectivity index (χ4v) is 4.57. The molecular weight excluding hydrogens is 323 g/mol. The van der Waals surface area contributed by atoms with E-state index in [0.717, 1.165) is 16.9 Å². The number of halogens is 1. The number of rotatable bonds is 3. The van der Waals surface area contributed by atoms with Gasteiger partial charge in [0.15, 0.2) is 5.13 Å². The SMILES string of the molecule is Cc1ccc(S(=O)(=O)Nc2nc3ccc(F)cc3s2)c(C)c1. The Balaban J connectivity index is 1.99. The highest BCUT2D eigenvalue weighted by Gasteiger charge is 2.19. The lowest BCUT2D eigenvalue weighted by Gasteiger charge is -2.08. The zero-order valence-electron chi connectivity index (χ0n) is 11.9. The van der Waals surface area contributed by atoms with Crippen LogP contribution in [0.1, 0.15) is 11.1 Å². The molecule has 0 aliphatic carbocycles. The molecule has 0 amide bonds. The molecule has 0 saturated heterocycles. The van der Waals surface area contributed by atoms with Gasteiger partial charge in [0.05, 0.1) is 15.1 Å². The number of benzene rings is 2. The number of aryl methyl sites for hydroxylation is 2. The second-order valence-electron chi connectivity index (χ2n) is 5.01. The maximum absolute atomic E-state index is 13.2. The number of nitrogens with zero attached hydrogens (tertiary/aromatic N) is 1. The second kappa shape index (κ2) is 5.33. The molecule has 1 N–H and O–H groups in total. The molecule has 4 nitrogen and oxygen atoms in total. The van der Waals surface area contributed by atoms with Crippen molar-refractivity contribution in [3.63, 3.8) is 0 Å². The van der Waals surface area contributed by atoms with Crippen LogP contribution in [0, 0.1) is 19.7 Å². The molecule has 2 aromatic carbocycles. The molecule has 3 rings (SSSR count). The van der Waals surface area contributed by atoms with E-state index in [2.05, 4.69) is 9.71 Å². The number of fused-ring (bicyclic) bond motifs is 1. The maximum Gasteiger partial charge on any atom is 0.263 e. The van der Waals surface area contributed by atoms with Gasteiger partial charge in [-0.05, 0) is 43.7 Å². The summed E-state index contributed by atoms with van der Waals surface area (Å²) in [7, 11) is -3.71. The Labute approximate surface area is 131 Å². The molecule has 7 heteroatoms. The highest BCUT2D eigenvalue weighted by Crippen LogP contribution is 2.28. The molecule has 0 aliphatic heterocycles. The average molecular weight is 336 g/mol. The summed E-state index contributed by atoms with van der Waals surface area (Å²) in [6.45, 7) is 3.65. The summed E-state index contributed by atoms with van der Waals surface area (Å²) in [6, 6.07) is 9.28. The topological polar surface area (TPSA) is 59.1 Å². The summed E-state index contributed by atoms with van der Waals surface area (Å²) in [5, 5.41) is 0.223. The monoisotopic (exact) mass is 336 g/mol. The first-order valence-electron chi connectivity index (χ1n) is 6.51. The van der Waals surface area contributed by atoms with Crippen LogP contribution in [0.4, 0.5) is 9.52 Å². The van der Waals surface area contributed by atoms with E-state index in [4.69, 9.17) is 0 Å². The Morgan fingerprint density at radius 2 is 1.91 bits per heavy atom. The number of sulfonamides is 1. The van der Waals surface area contributed by atoms with Crippen molar-refractivity contribution in [3.05, 3.63) is 53.3 Å². The molecule has 0 spiro atoms. The third-order valence-corrected chi connectivity index (χ3v) is 5.75. The third-order valence-electron chi connectivity index (χ3n) is 3.19. The van der Waals surface area contributed by atoms with Crippen molar-refractivity contribution >= 4 is 36.7 Å². The molecule has 0 unspecified atom stereocenters. The summed E-state index contributed by atoms with van der Waals surface area (Å²) in [5.41, 5.74) is 2.22. The first kappa shape index (κ1) is 14.9. The van der Waals surface area contributed by atoms with Crippen LogP contribution in [0.2, 0.25) is 0 Å². The minimum absolute atomic E-state index is 0.212. The van der Waals surface area contributed by atoms with Gasteiger partial charge >= 0.3 is 0 Å². The number of nitrogens with one attached hydrogen (secondary N) is 1. The van der Waals surface area contributed by atoms with Gasteiger partial charge in [-0.15, -0.1) is 0 Å². The van der Waals surface area contributed by atoms with Gasteiger partial charge in [0.2, 0.25) is 0 Å². The van der Waals surface area contributed by atoms with E-state index < -0.39 is 10.0 Å². The van der Waals surface area contributed by atoms with E-state index in [1.165, 1.54) is 18.2 Å². The molecule has 0 aliphatic rings. The predicted octanol–water partition coefficient (Wildman–Crippen LogP) is 3.85. The first-order chi connectivity index (χ1) is 10.3. The Hall–Kier alpha value is -1.99. The van der Waals surface area contributed by atoms with E-state index in [-0.39, 0.29) is 15.8 Å². The van der Waals surface area contributed by atoms with Gasteiger partial charge in [0.1, 0.15) is 5.82 Å². The number of aromatic nitrogens is 1. The Bertz CT molecular complexity index is 965. The van der Waals surface area contributed by atoms with Gasteiger partial charge < -0.3 is 0 Å². The fraction of sp³-hybridized carbons (Fsp3) is 0.133. The van der Waals surface area contributed by atoms with Gasteiger partial charge in [0.25, 0.3) is 10.0 Å². The van der Waals surface area contributed by atoms with Gasteiger partial charge in [-0.25, -0.2) is 17.8 Å². The van der Waals surface area contributed by atoms with Crippen LogP contribution in [0.5, 0.6) is 0 Å². The summed E-state index contributed by atoms with van der Waals surface area (Å²) >= 11 is 1.10. The van der Waals surface area contributed by atoms with Crippen LogP contribution in [-0.4, -0.2) is 13.4 Å². The zero-order chi connectivity index (χ0) is 15.9. The van der Waals surface area contributed by atoms with Crippen molar-refractivity contribution in [3.8, 4) is 0 Å². The zero-order valence-corrected chi connectivity index (χ0v) is 13.6. The van der Waals surface area contributed by atoms with Crippen molar-refractivity contribution in [1.82, 2.24) is 4.98 Å². The molecule has 0 atom stereocenters. The molecule has 1 heterocycles. The van der Waals surface area contributed by atoms with E-state index in [9.17, 15) is 12.8 Å². The van der Waals surface area contributed by atoms with E-state index >= 15 is 0 Å². The van der Waals surface area contributed by atoms with Crippen molar-refractivity contribution in [2.75, 3.05) is 4.72 Å². The van der Waals surface area contributed by atoms with Crippen LogP contribution in [0.3, 0.4) is 0 Å². The molecule has 0 bridgehead atoms. The largest absolute Gasteiger partial charge is 0.263 e. The van der Waals surface area contributed by atoms with Crippen molar-refractivity contribution < 1.29 is 12.8 Å². The number of anilines is 1. The summed E-state index contributed by atoms with van der Waals surface area (Å²) in [5.74, 6) is -0.375. The van der Waals surface area contributed by atoms with Crippen molar-refractivity contribution in [2.45, 2.75) is 18.7 Å². The molecule has 1 aromatic heterocycles. The van der Waals surface area contributed by atoms with E-state index in [0.29, 0.717) is 15.8 Å². The lowest BCUT2D eigenvalue weighted by atomic mass is 10.2. The average Bonchev–Trinajstić information content (AvgIpc) is 2.78. The third kappa shape index (κ3) is 2.82. The summed E-state index contributed by atoms with van der Waals surface area (Å²) in [4.78, 5) is 4.38. The van der Waals surface area contributed by atoms with Crippen LogP contribution < -0.4 is 4.72 Å². The van der Waals surface area contributed by atoms with Gasteiger partial charge in [-0.3, -0.25) is 4.72 Å². The first-order valence-corrected chi connectivity index (χ1v) is 8.81. The normalized spacial score (nSPS) is 11.8. The van der Waals surface area contributed by atoms with E-state index in [1.54, 1.807) is 19.1 Å². The lowest BCUT2D eigenvalue weighted by Crippen LogP contribution is -2.14. The quantitative estimate of drug-likeness (QED) is 0.790. The molecule has 114 valence electrons. The number of hydrogen-bond donors (Lipinski definition) is 1. The number of hydrogen-bond acceptors (Lipinski definition) is 4. The van der Waals surface area contributed by atoms with Crippen LogP contribution in [0.15, 0.2) is 41.3 Å². The maximum atomic E-state index is 13.2. The fourth-order valence-electron chi connectivity index (χ4n) is 2.21. The molecule has 22 heavy (non-hydrogen) atoms. The minimum Gasteiger partial charge on any atom is -0.255 e. The summed E-state index contributed by atoms with van der Waals surface area (Å²) < 4.78 is 41.2. The highest BCUT2D eigenvalue weighted by atomic mass is 32.2. The highest BCUT2D eigenvalue weighted by molar-refractivity contribution is 7.93. The van der Waals surface area contributed by atoms with E-state index in [1.807, 2.05) is 13.0 Å². The minimum atomic E-state index is -3.71. The van der Waals surface area contributed by atoms with Crippen LogP contribution in [0.25, 0.3) is 10.2 Å². The molecule has 0 saturated carbocycles. The summed E-state index contributed by atoms with van der Waals surface area (Å²) in [6.07, 6.45) is 0. The molecule has 0 fully saturated rings. The Morgan fingerprint density at radius 1 is 1.14 bits per heavy atom. The lowest BCUT2D eigenvalue weighted by molar-refractivity contribution is 0.600. The molecule has 0 radical (unpaired) electrons. The Kier molecular flexibility index (Phi) is 3.62. The Morgan fingerprint density at radius 3 is 2.64 bits per heavy atom. The second-order valence-corrected chi connectivity index (χ2v) is 7.69. The van der Waals surface area contributed by atoms with Crippen LogP contribution in [-0.2, 0) is 10.0 Å². The van der Waals surface area contributed by atoms with Gasteiger partial charge in [0, 0.05) is 0 Å². The van der Waals surface area contributed by atoms with Gasteiger partial charge in [-0.1, -0.05) is 29.0 Å². The molecule has 3 aromatic rings. The standard InChI is InChI=1S/C15H13FN2O2S2/c1-9-3-6-14(10(2)7-9)22(19,20)18-15-17-12-5-4-11(16)8-13(12)21-15/h3-8H,1-2H3,(H,17,18). The smallest absolute Gasteiger partial charge is 0.255 e. The van der Waals surface area contributed by atoms with Crippen molar-refractivity contribution in [1.29, 1.82) is 0 Å². The van der Waals surface area contributed by atoms with Crippen LogP contribution >= 0.6 is 11.3 Å². The van der Waals surface area contributed by atoms with Gasteiger partial charge in [-0.2, -0.15) is 0 Å². The predicted molar refractivity (Wildman–Crippen MR) is 86.3 cm³/mol. The molecular formula is C15H13FN2O2S2. The number of thiazole rings is 1. The van der Waals surface area contributed by atoms with Crippen molar-refractivity contribution in [2.24, 2.45) is 0 Å².